The van der Waals surface area contributed by atoms with Gasteiger partial charge in [0.2, 0.25) is 0 Å². The first-order valence-corrected chi connectivity index (χ1v) is 8.57. The molecule has 0 amide bonds. The zero-order valence-electron chi connectivity index (χ0n) is 14.1. The molecule has 26 heavy (non-hydrogen) atoms. The summed E-state index contributed by atoms with van der Waals surface area (Å²) in [4.78, 5) is 24.1. The van der Waals surface area contributed by atoms with Crippen molar-refractivity contribution in [2.24, 2.45) is 0 Å². The highest BCUT2D eigenvalue weighted by atomic mass is 16.6. The Morgan fingerprint density at radius 2 is 1.92 bits per heavy atom. The Kier molecular flexibility index (Phi) is 4.20. The van der Waals surface area contributed by atoms with Crippen LogP contribution >= 0.6 is 0 Å². The lowest BCUT2D eigenvalue weighted by Gasteiger charge is -2.28. The third kappa shape index (κ3) is 2.85. The number of nitrogens with zero attached hydrogens (tertiary/aromatic N) is 2. The van der Waals surface area contributed by atoms with Crippen LogP contribution in [0.5, 0.6) is 11.5 Å². The zero-order valence-corrected chi connectivity index (χ0v) is 14.1. The molecule has 2 aromatic rings. The lowest BCUT2D eigenvalue weighted by Crippen LogP contribution is -2.24. The second-order valence-electron chi connectivity index (χ2n) is 6.38. The van der Waals surface area contributed by atoms with Crippen LogP contribution in [0.2, 0.25) is 0 Å². The summed E-state index contributed by atoms with van der Waals surface area (Å²) < 4.78 is 11.2. The Bertz CT molecular complexity index is 867. The summed E-state index contributed by atoms with van der Waals surface area (Å²) in [7, 11) is 0. The molecule has 4 rings (SSSR count). The van der Waals surface area contributed by atoms with Gasteiger partial charge in [-0.15, -0.1) is 0 Å². The van der Waals surface area contributed by atoms with E-state index >= 15 is 0 Å². The first-order valence-electron chi connectivity index (χ1n) is 8.57. The maximum atomic E-state index is 11.5. The van der Waals surface area contributed by atoms with Gasteiger partial charge >= 0.3 is 0 Å². The van der Waals surface area contributed by atoms with Crippen molar-refractivity contribution >= 4 is 17.7 Å². The minimum Gasteiger partial charge on any atom is -0.486 e. The van der Waals surface area contributed by atoms with E-state index in [9.17, 15) is 14.9 Å². The maximum absolute atomic E-state index is 11.5. The lowest BCUT2D eigenvalue weighted by atomic mass is 10.0. The molecule has 0 aliphatic carbocycles. The van der Waals surface area contributed by atoms with Crippen molar-refractivity contribution in [2.75, 3.05) is 24.7 Å². The fraction of sp³-hybridized carbons (Fsp3) is 0.316. The van der Waals surface area contributed by atoms with Crippen molar-refractivity contribution in [1.29, 1.82) is 0 Å². The van der Waals surface area contributed by atoms with Gasteiger partial charge in [0.15, 0.2) is 11.5 Å². The molecule has 7 heteroatoms. The van der Waals surface area contributed by atoms with Gasteiger partial charge in [0, 0.05) is 18.2 Å². The molecule has 0 bridgehead atoms. The molecule has 1 saturated heterocycles. The number of hydrogen-bond donors (Lipinski definition) is 0. The number of rotatable bonds is 4. The number of aldehydes is 1. The molecule has 1 atom stereocenters. The SMILES string of the molecule is O=Cc1ccc(N2CCC[C@@H]2c2ccc3c(c2)OCCO3)c([N+](=O)[O-])c1. The fourth-order valence-electron chi connectivity index (χ4n) is 3.67. The van der Waals surface area contributed by atoms with Gasteiger partial charge in [0.1, 0.15) is 25.2 Å². The minimum atomic E-state index is -0.429. The standard InChI is InChI=1S/C19H18N2O5/c22-12-13-3-5-16(17(10-13)21(23)24)20-7-1-2-15(20)14-4-6-18-19(11-14)26-9-8-25-18/h3-6,10-12,15H,1-2,7-9H2/t15-/m1/s1. The predicted octanol–water partition coefficient (Wildman–Crippen LogP) is 3.52. The van der Waals surface area contributed by atoms with E-state index in [0.717, 1.165) is 30.7 Å². The van der Waals surface area contributed by atoms with E-state index in [0.29, 0.717) is 36.5 Å². The first kappa shape index (κ1) is 16.4. The molecule has 0 aromatic heterocycles. The van der Waals surface area contributed by atoms with Gasteiger partial charge in [0.05, 0.1) is 11.0 Å². The summed E-state index contributed by atoms with van der Waals surface area (Å²) in [5.41, 5.74) is 1.84. The normalized spacial score (nSPS) is 18.6. The predicted molar refractivity (Wildman–Crippen MR) is 95.2 cm³/mol. The smallest absolute Gasteiger partial charge is 0.293 e. The summed E-state index contributed by atoms with van der Waals surface area (Å²) in [6.07, 6.45) is 2.46. The van der Waals surface area contributed by atoms with E-state index in [-0.39, 0.29) is 11.7 Å². The van der Waals surface area contributed by atoms with E-state index in [4.69, 9.17) is 9.47 Å². The lowest BCUT2D eigenvalue weighted by molar-refractivity contribution is -0.384. The number of carbonyl (C=O) groups excluding carboxylic acids is 1. The van der Waals surface area contributed by atoms with E-state index in [2.05, 4.69) is 0 Å². The third-order valence-electron chi connectivity index (χ3n) is 4.85. The quantitative estimate of drug-likeness (QED) is 0.475. The van der Waals surface area contributed by atoms with Gasteiger partial charge in [-0.05, 0) is 42.7 Å². The number of benzene rings is 2. The fourth-order valence-corrected chi connectivity index (χ4v) is 3.67. The van der Waals surface area contributed by atoms with E-state index < -0.39 is 4.92 Å². The van der Waals surface area contributed by atoms with E-state index in [1.807, 2.05) is 23.1 Å². The number of anilines is 1. The summed E-state index contributed by atoms with van der Waals surface area (Å²) in [6.45, 7) is 1.78. The van der Waals surface area contributed by atoms with E-state index in [1.54, 1.807) is 12.1 Å². The number of nitro groups is 1. The van der Waals surface area contributed by atoms with Gasteiger partial charge in [-0.3, -0.25) is 14.9 Å². The largest absolute Gasteiger partial charge is 0.486 e. The van der Waals surface area contributed by atoms with Gasteiger partial charge in [-0.25, -0.2) is 0 Å². The molecule has 1 fully saturated rings. The van der Waals surface area contributed by atoms with Gasteiger partial charge in [-0.2, -0.15) is 0 Å². The molecule has 2 heterocycles. The van der Waals surface area contributed by atoms with Crippen LogP contribution in [0.4, 0.5) is 11.4 Å². The molecule has 0 radical (unpaired) electrons. The summed E-state index contributed by atoms with van der Waals surface area (Å²) in [5.74, 6) is 1.44. The number of fused-ring (bicyclic) bond motifs is 1. The minimum absolute atomic E-state index is 0.0200. The Morgan fingerprint density at radius 3 is 2.69 bits per heavy atom. The summed E-state index contributed by atoms with van der Waals surface area (Å²) in [6, 6.07) is 10.5. The highest BCUT2D eigenvalue weighted by molar-refractivity contribution is 5.80. The molecule has 0 spiro atoms. The Hall–Kier alpha value is -3.09. The molecule has 0 saturated carbocycles. The van der Waals surface area contributed by atoms with Crippen LogP contribution in [0.15, 0.2) is 36.4 Å². The molecule has 2 aliphatic heterocycles. The van der Waals surface area contributed by atoms with E-state index in [1.165, 1.54) is 6.07 Å². The van der Waals surface area contributed by atoms with Gasteiger partial charge in [-0.1, -0.05) is 6.07 Å². The molecular formula is C19H18N2O5. The van der Waals surface area contributed by atoms with Crippen molar-refractivity contribution in [3.05, 3.63) is 57.6 Å². The highest BCUT2D eigenvalue weighted by Gasteiger charge is 2.31. The van der Waals surface area contributed by atoms with Crippen LogP contribution in [0.3, 0.4) is 0 Å². The van der Waals surface area contributed by atoms with Crippen molar-refractivity contribution in [3.63, 3.8) is 0 Å². The van der Waals surface area contributed by atoms with Crippen LogP contribution in [-0.4, -0.2) is 31.0 Å². The zero-order chi connectivity index (χ0) is 18.1. The molecule has 134 valence electrons. The van der Waals surface area contributed by atoms with Crippen molar-refractivity contribution in [3.8, 4) is 11.5 Å². The van der Waals surface area contributed by atoms with Crippen LogP contribution in [0.1, 0.15) is 34.8 Å². The van der Waals surface area contributed by atoms with Crippen LogP contribution < -0.4 is 14.4 Å². The molecule has 0 N–H and O–H groups in total. The molecule has 2 aromatic carbocycles. The van der Waals surface area contributed by atoms with Crippen LogP contribution in [0.25, 0.3) is 0 Å². The Balaban J connectivity index is 1.71. The van der Waals surface area contributed by atoms with Gasteiger partial charge < -0.3 is 14.4 Å². The number of hydrogen-bond acceptors (Lipinski definition) is 6. The van der Waals surface area contributed by atoms with Crippen LogP contribution in [0, 0.1) is 10.1 Å². The second-order valence-corrected chi connectivity index (χ2v) is 6.38. The third-order valence-corrected chi connectivity index (χ3v) is 4.85. The highest BCUT2D eigenvalue weighted by Crippen LogP contribution is 2.42. The van der Waals surface area contributed by atoms with Crippen LogP contribution in [-0.2, 0) is 0 Å². The number of carbonyl (C=O) groups is 1. The van der Waals surface area contributed by atoms with Gasteiger partial charge in [0.25, 0.3) is 5.69 Å². The maximum Gasteiger partial charge on any atom is 0.293 e. The summed E-state index contributed by atoms with van der Waals surface area (Å²) >= 11 is 0. The van der Waals surface area contributed by atoms with Crippen molar-refractivity contribution in [2.45, 2.75) is 18.9 Å². The molecule has 7 nitrogen and oxygen atoms in total. The average molecular weight is 354 g/mol. The van der Waals surface area contributed by atoms with Crippen molar-refractivity contribution in [1.82, 2.24) is 0 Å². The van der Waals surface area contributed by atoms with Crippen molar-refractivity contribution < 1.29 is 19.2 Å². The second kappa shape index (κ2) is 6.67. The molecule has 0 unspecified atom stereocenters. The summed E-state index contributed by atoms with van der Waals surface area (Å²) in [5, 5.41) is 11.5. The number of ether oxygens (including phenoxy) is 2. The topological polar surface area (TPSA) is 81.9 Å². The molecular weight excluding hydrogens is 336 g/mol. The average Bonchev–Trinajstić information content (AvgIpc) is 3.16. The Labute approximate surface area is 150 Å². The molecule has 2 aliphatic rings. The first-order chi connectivity index (χ1) is 12.7. The Morgan fingerprint density at radius 1 is 1.12 bits per heavy atom. The monoisotopic (exact) mass is 354 g/mol. The number of nitro benzene ring substituents is 1.